The first kappa shape index (κ1) is 15.7. The average Bonchev–Trinajstić information content (AvgIpc) is 2.51. The van der Waals surface area contributed by atoms with Crippen molar-refractivity contribution in [1.82, 2.24) is 0 Å². The second kappa shape index (κ2) is 5.80. The first-order valence-corrected chi connectivity index (χ1v) is 8.17. The lowest BCUT2D eigenvalue weighted by Gasteiger charge is -2.51. The smallest absolute Gasteiger partial charge is 0.224 e. The van der Waals surface area contributed by atoms with Crippen molar-refractivity contribution in [2.75, 3.05) is 5.32 Å². The SMILES string of the molecule is CC(=O)[C@@H]1C[C@H](CC(=O)Nc2cccc3ccccc23)C1(C)C. The number of hydrogen-bond donors (Lipinski definition) is 1. The molecule has 0 aromatic heterocycles. The van der Waals surface area contributed by atoms with Gasteiger partial charge in [0.2, 0.25) is 5.91 Å². The van der Waals surface area contributed by atoms with Crippen molar-refractivity contribution in [2.45, 2.75) is 33.6 Å². The number of carbonyl (C=O) groups excluding carboxylic acids is 2. The van der Waals surface area contributed by atoms with Gasteiger partial charge in [-0.2, -0.15) is 0 Å². The number of hydrogen-bond acceptors (Lipinski definition) is 2. The Labute approximate surface area is 137 Å². The minimum atomic E-state index is -0.0814. The van der Waals surface area contributed by atoms with Gasteiger partial charge in [0.25, 0.3) is 0 Å². The Hall–Kier alpha value is -2.16. The molecule has 3 heteroatoms. The van der Waals surface area contributed by atoms with Crippen LogP contribution in [0.15, 0.2) is 42.5 Å². The predicted octanol–water partition coefficient (Wildman–Crippen LogP) is 4.42. The molecule has 0 spiro atoms. The molecule has 1 N–H and O–H groups in total. The van der Waals surface area contributed by atoms with Crippen LogP contribution in [0.25, 0.3) is 10.8 Å². The highest BCUT2D eigenvalue weighted by molar-refractivity contribution is 6.02. The molecule has 1 aliphatic rings. The van der Waals surface area contributed by atoms with E-state index in [9.17, 15) is 9.59 Å². The van der Waals surface area contributed by atoms with Gasteiger partial charge in [0.15, 0.2) is 0 Å². The number of carbonyl (C=O) groups is 2. The summed E-state index contributed by atoms with van der Waals surface area (Å²) < 4.78 is 0. The van der Waals surface area contributed by atoms with Gasteiger partial charge in [0.05, 0.1) is 0 Å². The Morgan fingerprint density at radius 1 is 1.13 bits per heavy atom. The monoisotopic (exact) mass is 309 g/mol. The Kier molecular flexibility index (Phi) is 3.97. The summed E-state index contributed by atoms with van der Waals surface area (Å²) in [6.45, 7) is 5.84. The van der Waals surface area contributed by atoms with Crippen LogP contribution in [0.5, 0.6) is 0 Å². The average molecular weight is 309 g/mol. The molecule has 1 amide bonds. The van der Waals surface area contributed by atoms with E-state index in [4.69, 9.17) is 0 Å². The second-order valence-electron chi connectivity index (χ2n) is 7.20. The molecule has 0 heterocycles. The van der Waals surface area contributed by atoms with Crippen LogP contribution in [0.1, 0.15) is 33.6 Å². The Morgan fingerprint density at radius 2 is 1.83 bits per heavy atom. The molecule has 2 aromatic rings. The molecule has 3 nitrogen and oxygen atoms in total. The molecular weight excluding hydrogens is 286 g/mol. The highest BCUT2D eigenvalue weighted by Crippen LogP contribution is 2.53. The first-order chi connectivity index (χ1) is 10.9. The summed E-state index contributed by atoms with van der Waals surface area (Å²) in [6.07, 6.45) is 1.30. The number of anilines is 1. The van der Waals surface area contributed by atoms with E-state index in [0.29, 0.717) is 6.42 Å². The van der Waals surface area contributed by atoms with Gasteiger partial charge < -0.3 is 5.32 Å². The molecule has 1 fully saturated rings. The summed E-state index contributed by atoms with van der Waals surface area (Å²) in [6, 6.07) is 14.0. The zero-order valence-corrected chi connectivity index (χ0v) is 13.9. The number of Topliss-reactive ketones (excluding diaryl/α,β-unsaturated/α-hetero) is 1. The minimum absolute atomic E-state index is 0.0291. The first-order valence-electron chi connectivity index (χ1n) is 8.17. The van der Waals surface area contributed by atoms with Gasteiger partial charge in [-0.15, -0.1) is 0 Å². The molecule has 0 unspecified atom stereocenters. The van der Waals surface area contributed by atoms with Crippen molar-refractivity contribution in [3.8, 4) is 0 Å². The van der Waals surface area contributed by atoms with Crippen LogP contribution in [-0.2, 0) is 9.59 Å². The lowest BCUT2D eigenvalue weighted by Crippen LogP contribution is -2.49. The lowest BCUT2D eigenvalue weighted by molar-refractivity contribution is -0.139. The summed E-state index contributed by atoms with van der Waals surface area (Å²) >= 11 is 0. The molecular formula is C20H23NO2. The van der Waals surface area contributed by atoms with E-state index in [1.165, 1.54) is 0 Å². The number of amides is 1. The van der Waals surface area contributed by atoms with Gasteiger partial charge in [0.1, 0.15) is 5.78 Å². The molecule has 0 radical (unpaired) electrons. The van der Waals surface area contributed by atoms with E-state index in [1.807, 2.05) is 42.5 Å². The van der Waals surface area contributed by atoms with Gasteiger partial charge in [-0.3, -0.25) is 9.59 Å². The molecule has 1 saturated carbocycles. The lowest BCUT2D eigenvalue weighted by atomic mass is 9.52. The van der Waals surface area contributed by atoms with Crippen LogP contribution in [-0.4, -0.2) is 11.7 Å². The van der Waals surface area contributed by atoms with Crippen LogP contribution in [0.3, 0.4) is 0 Å². The number of benzene rings is 2. The van der Waals surface area contributed by atoms with E-state index in [-0.39, 0.29) is 28.9 Å². The van der Waals surface area contributed by atoms with Gasteiger partial charge in [0, 0.05) is 23.4 Å². The van der Waals surface area contributed by atoms with Gasteiger partial charge in [-0.25, -0.2) is 0 Å². The van der Waals surface area contributed by atoms with Crippen LogP contribution in [0.4, 0.5) is 5.69 Å². The van der Waals surface area contributed by atoms with Crippen LogP contribution in [0, 0.1) is 17.3 Å². The van der Waals surface area contributed by atoms with Crippen molar-refractivity contribution in [3.05, 3.63) is 42.5 Å². The fourth-order valence-corrected chi connectivity index (χ4v) is 3.81. The Balaban J connectivity index is 1.70. The van der Waals surface area contributed by atoms with E-state index in [2.05, 4.69) is 19.2 Å². The van der Waals surface area contributed by atoms with Crippen LogP contribution in [0.2, 0.25) is 0 Å². The summed E-state index contributed by atoms with van der Waals surface area (Å²) in [5.74, 6) is 0.631. The van der Waals surface area contributed by atoms with Crippen molar-refractivity contribution >= 4 is 28.2 Å². The number of nitrogens with one attached hydrogen (secondary N) is 1. The highest BCUT2D eigenvalue weighted by atomic mass is 16.1. The van der Waals surface area contributed by atoms with Crippen LogP contribution < -0.4 is 5.32 Å². The maximum atomic E-state index is 12.4. The molecule has 120 valence electrons. The third-order valence-corrected chi connectivity index (χ3v) is 5.46. The number of fused-ring (bicyclic) bond motifs is 1. The number of rotatable bonds is 4. The standard InChI is InChI=1S/C20H23NO2/c1-13(22)17-11-15(20(17,2)3)12-19(23)21-18-10-6-8-14-7-4-5-9-16(14)18/h4-10,15,17H,11-12H2,1-3H3,(H,21,23)/t15-,17+/m1/s1. The largest absolute Gasteiger partial charge is 0.326 e. The van der Waals surface area contributed by atoms with Crippen LogP contribution >= 0.6 is 0 Å². The Bertz CT molecular complexity index is 758. The number of ketones is 1. The quantitative estimate of drug-likeness (QED) is 0.908. The summed E-state index contributed by atoms with van der Waals surface area (Å²) in [4.78, 5) is 24.0. The molecule has 0 bridgehead atoms. The topological polar surface area (TPSA) is 46.2 Å². The zero-order chi connectivity index (χ0) is 16.6. The van der Waals surface area contributed by atoms with E-state index < -0.39 is 0 Å². The maximum absolute atomic E-state index is 12.4. The van der Waals surface area contributed by atoms with E-state index >= 15 is 0 Å². The summed E-state index contributed by atoms with van der Waals surface area (Å²) in [5, 5.41) is 5.21. The van der Waals surface area contributed by atoms with E-state index in [1.54, 1.807) is 6.92 Å². The highest BCUT2D eigenvalue weighted by Gasteiger charge is 2.50. The zero-order valence-electron chi connectivity index (χ0n) is 13.9. The molecule has 23 heavy (non-hydrogen) atoms. The van der Waals surface area contributed by atoms with Crippen molar-refractivity contribution in [1.29, 1.82) is 0 Å². The molecule has 2 aromatic carbocycles. The molecule has 0 aliphatic heterocycles. The van der Waals surface area contributed by atoms with Crippen molar-refractivity contribution in [3.63, 3.8) is 0 Å². The maximum Gasteiger partial charge on any atom is 0.224 e. The fraction of sp³-hybridized carbons (Fsp3) is 0.400. The normalized spacial score (nSPS) is 22.4. The van der Waals surface area contributed by atoms with Crippen molar-refractivity contribution < 1.29 is 9.59 Å². The third kappa shape index (κ3) is 2.88. The molecule has 2 atom stereocenters. The third-order valence-electron chi connectivity index (χ3n) is 5.46. The van der Waals surface area contributed by atoms with Crippen molar-refractivity contribution in [2.24, 2.45) is 17.3 Å². The second-order valence-corrected chi connectivity index (χ2v) is 7.20. The summed E-state index contributed by atoms with van der Waals surface area (Å²) in [5.41, 5.74) is 0.774. The molecule has 0 saturated heterocycles. The minimum Gasteiger partial charge on any atom is -0.326 e. The predicted molar refractivity (Wildman–Crippen MR) is 93.3 cm³/mol. The van der Waals surface area contributed by atoms with Gasteiger partial charge >= 0.3 is 0 Å². The summed E-state index contributed by atoms with van der Waals surface area (Å²) in [7, 11) is 0. The van der Waals surface area contributed by atoms with E-state index in [0.717, 1.165) is 22.9 Å². The fourth-order valence-electron chi connectivity index (χ4n) is 3.81. The molecule has 1 aliphatic carbocycles. The van der Waals surface area contributed by atoms with Gasteiger partial charge in [-0.05, 0) is 36.1 Å². The Morgan fingerprint density at radius 3 is 2.52 bits per heavy atom. The van der Waals surface area contributed by atoms with Gasteiger partial charge in [-0.1, -0.05) is 50.2 Å². The molecule has 3 rings (SSSR count).